The van der Waals surface area contributed by atoms with Crippen LogP contribution in [-0.2, 0) is 6.54 Å². The fourth-order valence-electron chi connectivity index (χ4n) is 1.29. The Morgan fingerprint density at radius 3 is 2.87 bits per heavy atom. The summed E-state index contributed by atoms with van der Waals surface area (Å²) in [6, 6.07) is 5.37. The van der Waals surface area contributed by atoms with Gasteiger partial charge in [-0.1, -0.05) is 0 Å². The number of hydrogen-bond acceptors (Lipinski definition) is 3. The van der Waals surface area contributed by atoms with Gasteiger partial charge >= 0.3 is 5.97 Å². The molecule has 2 aromatic heterocycles. The highest BCUT2D eigenvalue weighted by molar-refractivity contribution is 7.13. The third kappa shape index (κ3) is 2.24. The van der Waals surface area contributed by atoms with E-state index in [2.05, 4.69) is 5.10 Å². The number of thiophene rings is 1. The first-order valence-corrected chi connectivity index (χ1v) is 5.29. The summed E-state index contributed by atoms with van der Waals surface area (Å²) in [5.74, 6) is -0.872. The van der Waals surface area contributed by atoms with Crippen LogP contribution in [0.1, 0.15) is 20.2 Å². The SMILES string of the molecule is Cc1ccn(Cc2ccc(C(=O)O)s2)n1. The largest absolute Gasteiger partial charge is 0.477 e. The van der Waals surface area contributed by atoms with Gasteiger partial charge in [0.1, 0.15) is 4.88 Å². The molecule has 0 unspecified atom stereocenters. The maximum atomic E-state index is 10.7. The van der Waals surface area contributed by atoms with Crippen molar-refractivity contribution >= 4 is 17.3 Å². The van der Waals surface area contributed by atoms with Gasteiger partial charge in [0, 0.05) is 11.1 Å². The van der Waals surface area contributed by atoms with E-state index in [1.165, 1.54) is 11.3 Å². The Balaban J connectivity index is 2.14. The summed E-state index contributed by atoms with van der Waals surface area (Å²) >= 11 is 1.28. The van der Waals surface area contributed by atoms with Gasteiger partial charge in [-0.15, -0.1) is 11.3 Å². The summed E-state index contributed by atoms with van der Waals surface area (Å²) in [7, 11) is 0. The minimum absolute atomic E-state index is 0.369. The van der Waals surface area contributed by atoms with Crippen molar-refractivity contribution in [2.24, 2.45) is 0 Å². The molecule has 78 valence electrons. The van der Waals surface area contributed by atoms with Crippen LogP contribution in [0.4, 0.5) is 0 Å². The molecule has 0 fully saturated rings. The fourth-order valence-corrected chi connectivity index (χ4v) is 2.13. The van der Waals surface area contributed by atoms with E-state index in [9.17, 15) is 4.79 Å². The molecule has 4 nitrogen and oxygen atoms in total. The molecule has 2 aromatic rings. The minimum Gasteiger partial charge on any atom is -0.477 e. The smallest absolute Gasteiger partial charge is 0.345 e. The number of carbonyl (C=O) groups is 1. The molecule has 1 N–H and O–H groups in total. The maximum absolute atomic E-state index is 10.7. The molecule has 0 aromatic carbocycles. The zero-order valence-corrected chi connectivity index (χ0v) is 8.99. The number of aromatic nitrogens is 2. The van der Waals surface area contributed by atoms with Gasteiger partial charge in [0.15, 0.2) is 0 Å². The van der Waals surface area contributed by atoms with Crippen LogP contribution in [-0.4, -0.2) is 20.9 Å². The number of aryl methyl sites for hydroxylation is 1. The molecule has 5 heteroatoms. The second-order valence-electron chi connectivity index (χ2n) is 3.23. The van der Waals surface area contributed by atoms with Crippen molar-refractivity contribution in [2.45, 2.75) is 13.5 Å². The summed E-state index contributed by atoms with van der Waals surface area (Å²) in [4.78, 5) is 12.0. The van der Waals surface area contributed by atoms with Gasteiger partial charge in [0.05, 0.1) is 12.2 Å². The van der Waals surface area contributed by atoms with Crippen molar-refractivity contribution in [3.8, 4) is 0 Å². The molecular formula is C10H10N2O2S. The number of carboxylic acid groups (broad SMARTS) is 1. The minimum atomic E-state index is -0.872. The normalized spacial score (nSPS) is 10.5. The summed E-state index contributed by atoms with van der Waals surface area (Å²) in [5.41, 5.74) is 0.963. The van der Waals surface area contributed by atoms with Crippen molar-refractivity contribution < 1.29 is 9.90 Å². The first-order chi connectivity index (χ1) is 7.15. The molecule has 2 rings (SSSR count). The molecule has 0 bridgehead atoms. The molecule has 0 atom stereocenters. The van der Waals surface area contributed by atoms with Crippen LogP contribution in [0.25, 0.3) is 0 Å². The highest BCUT2D eigenvalue weighted by atomic mass is 32.1. The Morgan fingerprint density at radius 2 is 2.33 bits per heavy atom. The standard InChI is InChI=1S/C10H10N2O2S/c1-7-4-5-12(11-7)6-8-2-3-9(15-8)10(13)14/h2-5H,6H2,1H3,(H,13,14). The van der Waals surface area contributed by atoms with Crippen LogP contribution in [0.2, 0.25) is 0 Å². The lowest BCUT2D eigenvalue weighted by Gasteiger charge is -1.96. The predicted molar refractivity (Wildman–Crippen MR) is 57.3 cm³/mol. The second kappa shape index (κ2) is 3.86. The van der Waals surface area contributed by atoms with Crippen LogP contribution in [0.15, 0.2) is 24.4 Å². The Bertz CT molecular complexity index is 487. The zero-order valence-electron chi connectivity index (χ0n) is 8.17. The molecule has 0 saturated heterocycles. The average molecular weight is 222 g/mol. The van der Waals surface area contributed by atoms with E-state index in [1.54, 1.807) is 10.7 Å². The van der Waals surface area contributed by atoms with Crippen molar-refractivity contribution in [2.75, 3.05) is 0 Å². The molecule has 2 heterocycles. The van der Waals surface area contributed by atoms with E-state index in [1.807, 2.05) is 25.3 Å². The quantitative estimate of drug-likeness (QED) is 0.864. The summed E-state index contributed by atoms with van der Waals surface area (Å²) in [6.07, 6.45) is 1.88. The van der Waals surface area contributed by atoms with Gasteiger partial charge in [0.25, 0.3) is 0 Å². The monoisotopic (exact) mass is 222 g/mol. The van der Waals surface area contributed by atoms with Crippen LogP contribution in [0.5, 0.6) is 0 Å². The van der Waals surface area contributed by atoms with Crippen molar-refractivity contribution in [3.05, 3.63) is 39.8 Å². The van der Waals surface area contributed by atoms with E-state index in [0.29, 0.717) is 11.4 Å². The Labute approximate surface area is 90.8 Å². The summed E-state index contributed by atoms with van der Waals surface area (Å²) in [5, 5.41) is 13.0. The van der Waals surface area contributed by atoms with E-state index in [-0.39, 0.29) is 0 Å². The van der Waals surface area contributed by atoms with Gasteiger partial charge in [-0.2, -0.15) is 5.10 Å². The van der Waals surface area contributed by atoms with Crippen LogP contribution in [0.3, 0.4) is 0 Å². The van der Waals surface area contributed by atoms with Gasteiger partial charge in [-0.3, -0.25) is 4.68 Å². The van der Waals surface area contributed by atoms with E-state index < -0.39 is 5.97 Å². The zero-order chi connectivity index (χ0) is 10.8. The van der Waals surface area contributed by atoms with Gasteiger partial charge in [-0.25, -0.2) is 4.79 Å². The second-order valence-corrected chi connectivity index (χ2v) is 4.39. The molecule has 0 aliphatic heterocycles. The van der Waals surface area contributed by atoms with Gasteiger partial charge < -0.3 is 5.11 Å². The maximum Gasteiger partial charge on any atom is 0.345 e. The van der Waals surface area contributed by atoms with Gasteiger partial charge in [0.2, 0.25) is 0 Å². The van der Waals surface area contributed by atoms with E-state index >= 15 is 0 Å². The lowest BCUT2D eigenvalue weighted by atomic mass is 10.4. The number of hydrogen-bond donors (Lipinski definition) is 1. The van der Waals surface area contributed by atoms with Crippen LogP contribution < -0.4 is 0 Å². The number of carboxylic acids is 1. The van der Waals surface area contributed by atoms with Crippen LogP contribution in [0, 0.1) is 6.92 Å². The molecule has 0 spiro atoms. The predicted octanol–water partition coefficient (Wildman–Crippen LogP) is 2.00. The summed E-state index contributed by atoms with van der Waals surface area (Å²) < 4.78 is 1.80. The molecular weight excluding hydrogens is 212 g/mol. The molecule has 0 amide bonds. The lowest BCUT2D eigenvalue weighted by molar-refractivity contribution is 0.0702. The first-order valence-electron chi connectivity index (χ1n) is 4.47. The van der Waals surface area contributed by atoms with Crippen LogP contribution >= 0.6 is 11.3 Å². The topological polar surface area (TPSA) is 55.1 Å². The third-order valence-corrected chi connectivity index (χ3v) is 3.02. The Kier molecular flexibility index (Phi) is 2.55. The van der Waals surface area contributed by atoms with E-state index in [0.717, 1.165) is 10.6 Å². The lowest BCUT2D eigenvalue weighted by Crippen LogP contribution is -1.98. The molecule has 0 radical (unpaired) electrons. The molecule has 0 aliphatic rings. The van der Waals surface area contributed by atoms with E-state index in [4.69, 9.17) is 5.11 Å². The van der Waals surface area contributed by atoms with Gasteiger partial charge in [-0.05, 0) is 25.1 Å². The highest BCUT2D eigenvalue weighted by Gasteiger charge is 2.07. The number of aromatic carboxylic acids is 1. The highest BCUT2D eigenvalue weighted by Crippen LogP contribution is 2.17. The first kappa shape index (κ1) is 9.92. The number of nitrogens with zero attached hydrogens (tertiary/aromatic N) is 2. The summed E-state index contributed by atoms with van der Waals surface area (Å²) in [6.45, 7) is 2.55. The van der Waals surface area contributed by atoms with Crippen molar-refractivity contribution in [3.63, 3.8) is 0 Å². The third-order valence-electron chi connectivity index (χ3n) is 1.96. The molecule has 15 heavy (non-hydrogen) atoms. The van der Waals surface area contributed by atoms with Crippen molar-refractivity contribution in [1.82, 2.24) is 9.78 Å². The number of rotatable bonds is 3. The van der Waals surface area contributed by atoms with Crippen molar-refractivity contribution in [1.29, 1.82) is 0 Å². The average Bonchev–Trinajstić information content (AvgIpc) is 2.76. The Morgan fingerprint density at radius 1 is 1.53 bits per heavy atom. The fraction of sp³-hybridized carbons (Fsp3) is 0.200. The molecule has 0 aliphatic carbocycles. The molecule has 0 saturated carbocycles. The Hall–Kier alpha value is -1.62.